The third kappa shape index (κ3) is 3.76. The average Bonchev–Trinajstić information content (AvgIpc) is 3.16. The van der Waals surface area contributed by atoms with Crippen LogP contribution in [0.25, 0.3) is 0 Å². The van der Waals surface area contributed by atoms with E-state index in [1.165, 1.54) is 4.90 Å². The Morgan fingerprint density at radius 2 is 1.97 bits per heavy atom. The molecule has 0 spiro atoms. The van der Waals surface area contributed by atoms with E-state index in [0.29, 0.717) is 18.7 Å². The number of carbonyl (C=O) groups is 1. The summed E-state index contributed by atoms with van der Waals surface area (Å²) in [6.07, 6.45) is -0.575. The molecule has 0 aliphatic carbocycles. The second-order valence-electron chi connectivity index (χ2n) is 6.66. The van der Waals surface area contributed by atoms with Crippen LogP contribution in [0, 0.1) is 0 Å². The lowest BCUT2D eigenvalue weighted by Gasteiger charge is -2.20. The van der Waals surface area contributed by atoms with Crippen molar-refractivity contribution in [2.24, 2.45) is 0 Å². The summed E-state index contributed by atoms with van der Waals surface area (Å²) in [5, 5.41) is 10.4. The molecule has 1 aliphatic rings. The second kappa shape index (κ2) is 7.87. The Hall–Kier alpha value is -3.48. The number of anilines is 1. The smallest absolute Gasteiger partial charge is 0.265 e. The molecule has 1 aliphatic heterocycles. The largest absolute Gasteiger partial charge is 0.507 e. The second-order valence-corrected chi connectivity index (χ2v) is 6.66. The van der Waals surface area contributed by atoms with E-state index in [9.17, 15) is 18.7 Å². The third-order valence-corrected chi connectivity index (χ3v) is 4.78. The molecule has 0 atom stereocenters. The van der Waals surface area contributed by atoms with Crippen LogP contribution in [0.15, 0.2) is 60.8 Å². The van der Waals surface area contributed by atoms with Crippen LogP contribution in [0.5, 0.6) is 11.5 Å². The minimum absolute atomic E-state index is 0.0748. The van der Waals surface area contributed by atoms with Gasteiger partial charge in [-0.3, -0.25) is 9.78 Å². The number of hydrogen-bond acceptors (Lipinski definition) is 4. The van der Waals surface area contributed by atoms with Crippen LogP contribution < -0.4 is 9.64 Å². The molecule has 1 amide bonds. The fourth-order valence-corrected chi connectivity index (χ4v) is 3.36. The van der Waals surface area contributed by atoms with Crippen molar-refractivity contribution in [3.05, 3.63) is 83.2 Å². The van der Waals surface area contributed by atoms with Crippen molar-refractivity contribution in [1.82, 2.24) is 4.98 Å². The first kappa shape index (κ1) is 18.9. The van der Waals surface area contributed by atoms with Crippen LogP contribution in [0.3, 0.4) is 0 Å². The van der Waals surface area contributed by atoms with Crippen molar-refractivity contribution in [2.75, 3.05) is 11.4 Å². The topological polar surface area (TPSA) is 62.7 Å². The van der Waals surface area contributed by atoms with Crippen molar-refractivity contribution in [1.29, 1.82) is 0 Å². The maximum absolute atomic E-state index is 13.3. The number of alkyl halides is 2. The molecule has 1 N–H and O–H groups in total. The Morgan fingerprint density at radius 1 is 1.17 bits per heavy atom. The number of benzene rings is 2. The monoisotopic (exact) mass is 396 g/mol. The number of hydrogen-bond donors (Lipinski definition) is 1. The molecule has 7 heteroatoms. The minimum atomic E-state index is -2.80. The molecule has 0 fully saturated rings. The Labute approximate surface area is 166 Å². The number of pyridine rings is 1. The van der Waals surface area contributed by atoms with Gasteiger partial charge in [-0.1, -0.05) is 30.3 Å². The average molecular weight is 396 g/mol. The highest BCUT2D eigenvalue weighted by molar-refractivity contribution is 6.10. The molecule has 0 bridgehead atoms. The van der Waals surface area contributed by atoms with E-state index in [0.717, 1.165) is 23.4 Å². The molecule has 3 aromatic rings. The summed E-state index contributed by atoms with van der Waals surface area (Å²) in [5.74, 6) is -1.13. The Kier molecular flexibility index (Phi) is 5.12. The van der Waals surface area contributed by atoms with Gasteiger partial charge in [0.05, 0.1) is 11.4 Å². The molecule has 0 saturated carbocycles. The fraction of sp³-hybridized carbons (Fsp3) is 0.182. The Bertz CT molecular complexity index is 1040. The predicted molar refractivity (Wildman–Crippen MR) is 103 cm³/mol. The summed E-state index contributed by atoms with van der Waals surface area (Å²) in [4.78, 5) is 19.0. The van der Waals surface area contributed by atoms with Crippen LogP contribution in [0.4, 0.5) is 14.5 Å². The van der Waals surface area contributed by atoms with Gasteiger partial charge >= 0.3 is 0 Å². The summed E-state index contributed by atoms with van der Waals surface area (Å²) in [6.45, 7) is 0.463. The molecule has 29 heavy (non-hydrogen) atoms. The number of rotatable bonds is 5. The van der Waals surface area contributed by atoms with E-state index >= 15 is 0 Å². The van der Waals surface area contributed by atoms with E-state index in [-0.39, 0.29) is 17.9 Å². The molecule has 5 nitrogen and oxygen atoms in total. The zero-order valence-corrected chi connectivity index (χ0v) is 15.4. The molecular weight excluding hydrogens is 378 g/mol. The first-order valence-electron chi connectivity index (χ1n) is 9.12. The highest BCUT2D eigenvalue weighted by Crippen LogP contribution is 2.37. The molecule has 148 valence electrons. The van der Waals surface area contributed by atoms with Gasteiger partial charge in [-0.25, -0.2) is 8.78 Å². The van der Waals surface area contributed by atoms with Crippen LogP contribution >= 0.6 is 0 Å². The van der Waals surface area contributed by atoms with Crippen molar-refractivity contribution < 1.29 is 23.4 Å². The zero-order valence-electron chi connectivity index (χ0n) is 15.4. The number of aromatic hydroxyl groups is 1. The number of fused-ring (bicyclic) bond motifs is 1. The maximum atomic E-state index is 13.3. The summed E-state index contributed by atoms with van der Waals surface area (Å²) in [7, 11) is 0. The highest BCUT2D eigenvalue weighted by atomic mass is 19.3. The Balaban J connectivity index is 1.71. The van der Waals surface area contributed by atoms with Gasteiger partial charge in [-0.05, 0) is 29.8 Å². The van der Waals surface area contributed by atoms with Crippen molar-refractivity contribution >= 4 is 11.6 Å². The normalized spacial score (nSPS) is 12.9. The molecule has 0 saturated heterocycles. The van der Waals surface area contributed by atoms with E-state index in [1.807, 2.05) is 30.3 Å². The molecule has 0 unspecified atom stereocenters. The SMILES string of the molecule is O=C(c1c(O)cc(C(F)F)cc1OCc1ccccc1)N1CCc2ncccc21. The fourth-order valence-electron chi connectivity index (χ4n) is 3.36. The number of amides is 1. The van der Waals surface area contributed by atoms with Crippen molar-refractivity contribution in [3.63, 3.8) is 0 Å². The van der Waals surface area contributed by atoms with Gasteiger partial charge in [-0.2, -0.15) is 0 Å². The van der Waals surface area contributed by atoms with E-state index < -0.39 is 23.6 Å². The summed E-state index contributed by atoms with van der Waals surface area (Å²) < 4.78 is 32.2. The molecule has 0 radical (unpaired) electrons. The molecule has 1 aromatic heterocycles. The number of carbonyl (C=O) groups excluding carboxylic acids is 1. The van der Waals surface area contributed by atoms with Gasteiger partial charge in [0, 0.05) is 24.7 Å². The lowest BCUT2D eigenvalue weighted by atomic mass is 10.1. The number of phenolic OH excluding ortho intramolecular Hbond substituents is 1. The van der Waals surface area contributed by atoms with Gasteiger partial charge in [-0.15, -0.1) is 0 Å². The molecule has 4 rings (SSSR count). The van der Waals surface area contributed by atoms with Gasteiger partial charge < -0.3 is 14.7 Å². The number of ether oxygens (including phenoxy) is 1. The lowest BCUT2D eigenvalue weighted by Crippen LogP contribution is -2.29. The first-order valence-corrected chi connectivity index (χ1v) is 9.12. The lowest BCUT2D eigenvalue weighted by molar-refractivity contribution is 0.0981. The van der Waals surface area contributed by atoms with Gasteiger partial charge in [0.1, 0.15) is 23.7 Å². The molecule has 2 aromatic carbocycles. The van der Waals surface area contributed by atoms with Gasteiger partial charge in [0.2, 0.25) is 0 Å². The predicted octanol–water partition coefficient (Wildman–Crippen LogP) is 4.51. The van der Waals surface area contributed by atoms with Crippen LogP contribution in [-0.4, -0.2) is 22.5 Å². The van der Waals surface area contributed by atoms with E-state index in [1.54, 1.807) is 18.3 Å². The third-order valence-electron chi connectivity index (χ3n) is 4.78. The first-order chi connectivity index (χ1) is 14.0. The van der Waals surface area contributed by atoms with Crippen LogP contribution in [-0.2, 0) is 13.0 Å². The van der Waals surface area contributed by atoms with Gasteiger partial charge in [0.25, 0.3) is 12.3 Å². The van der Waals surface area contributed by atoms with Crippen molar-refractivity contribution in [2.45, 2.75) is 19.5 Å². The van der Waals surface area contributed by atoms with E-state index in [4.69, 9.17) is 4.74 Å². The molecule has 2 heterocycles. The van der Waals surface area contributed by atoms with Gasteiger partial charge in [0.15, 0.2) is 0 Å². The minimum Gasteiger partial charge on any atom is -0.507 e. The summed E-state index contributed by atoms with van der Waals surface area (Å²) in [6, 6.07) is 14.6. The number of phenols is 1. The summed E-state index contributed by atoms with van der Waals surface area (Å²) >= 11 is 0. The van der Waals surface area contributed by atoms with Crippen molar-refractivity contribution in [3.8, 4) is 11.5 Å². The van der Waals surface area contributed by atoms with Crippen LogP contribution in [0.2, 0.25) is 0 Å². The standard InChI is InChI=1S/C22H18F2N2O3/c23-21(24)15-11-18(27)20(19(12-15)29-13-14-5-2-1-3-6-14)22(28)26-10-8-16-17(26)7-4-9-25-16/h1-7,9,11-12,21,27H,8,10,13H2. The van der Waals surface area contributed by atoms with E-state index in [2.05, 4.69) is 4.98 Å². The quantitative estimate of drug-likeness (QED) is 0.690. The highest BCUT2D eigenvalue weighted by Gasteiger charge is 2.31. The number of aromatic nitrogens is 1. The number of nitrogens with zero attached hydrogens (tertiary/aromatic N) is 2. The summed E-state index contributed by atoms with van der Waals surface area (Å²) in [5.41, 5.74) is 1.68. The Morgan fingerprint density at radius 3 is 2.72 bits per heavy atom. The zero-order chi connectivity index (χ0) is 20.4. The number of halogens is 2. The molecular formula is C22H18F2N2O3. The maximum Gasteiger partial charge on any atom is 0.265 e. The van der Waals surface area contributed by atoms with Crippen LogP contribution in [0.1, 0.15) is 33.6 Å².